The molecule has 0 aliphatic carbocycles. The molecule has 78 valence electrons. The van der Waals surface area contributed by atoms with Crippen LogP contribution < -0.4 is 5.32 Å². The van der Waals surface area contributed by atoms with Crippen LogP contribution in [0.4, 0.5) is 0 Å². The Labute approximate surface area is 89.9 Å². The van der Waals surface area contributed by atoms with Gasteiger partial charge in [-0.2, -0.15) is 0 Å². The summed E-state index contributed by atoms with van der Waals surface area (Å²) in [5.74, 6) is 1.90. The van der Waals surface area contributed by atoms with Gasteiger partial charge in [-0.15, -0.1) is 0 Å². The Morgan fingerprint density at radius 1 is 1.07 bits per heavy atom. The molecular weight excluding hydrogens is 186 g/mol. The zero-order chi connectivity index (χ0) is 10.7. The van der Waals surface area contributed by atoms with Crippen LogP contribution in [0.5, 0.6) is 0 Å². The highest BCUT2D eigenvalue weighted by atomic mass is 16.3. The highest BCUT2D eigenvalue weighted by molar-refractivity contribution is 5.26. The molecule has 1 heterocycles. The third kappa shape index (κ3) is 2.10. The summed E-state index contributed by atoms with van der Waals surface area (Å²) < 4.78 is 5.63. The van der Waals surface area contributed by atoms with Gasteiger partial charge in [-0.3, -0.25) is 0 Å². The smallest absolute Gasteiger partial charge is 0.125 e. The molecule has 0 saturated carbocycles. The van der Waals surface area contributed by atoms with Gasteiger partial charge in [0.1, 0.15) is 11.5 Å². The lowest BCUT2D eigenvalue weighted by atomic mass is 10.1. The number of hydrogen-bond donors (Lipinski definition) is 1. The van der Waals surface area contributed by atoms with E-state index in [0.717, 1.165) is 11.5 Å². The van der Waals surface area contributed by atoms with Crippen LogP contribution in [-0.2, 0) is 0 Å². The molecule has 0 radical (unpaired) electrons. The van der Waals surface area contributed by atoms with Crippen LogP contribution in [0.3, 0.4) is 0 Å². The predicted octanol–water partition coefficient (Wildman–Crippen LogP) is 2.90. The summed E-state index contributed by atoms with van der Waals surface area (Å²) in [6.07, 6.45) is 0. The molecule has 0 spiro atoms. The zero-order valence-electron chi connectivity index (χ0n) is 9.03. The quantitative estimate of drug-likeness (QED) is 0.826. The van der Waals surface area contributed by atoms with Crippen molar-refractivity contribution in [1.82, 2.24) is 5.32 Å². The van der Waals surface area contributed by atoms with Crippen molar-refractivity contribution in [2.75, 3.05) is 7.05 Å². The second kappa shape index (κ2) is 4.32. The summed E-state index contributed by atoms with van der Waals surface area (Å²) in [7, 11) is 1.94. The largest absolute Gasteiger partial charge is 0.464 e. The van der Waals surface area contributed by atoms with Gasteiger partial charge in [0, 0.05) is 0 Å². The first kappa shape index (κ1) is 9.99. The van der Waals surface area contributed by atoms with E-state index in [4.69, 9.17) is 4.42 Å². The second-order valence-electron chi connectivity index (χ2n) is 3.58. The minimum Gasteiger partial charge on any atom is -0.464 e. The number of furan rings is 1. The Balaban J connectivity index is 2.33. The van der Waals surface area contributed by atoms with E-state index in [2.05, 4.69) is 17.4 Å². The van der Waals surface area contributed by atoms with Crippen LogP contribution >= 0.6 is 0 Å². The van der Waals surface area contributed by atoms with E-state index < -0.39 is 0 Å². The van der Waals surface area contributed by atoms with Crippen molar-refractivity contribution >= 4 is 0 Å². The van der Waals surface area contributed by atoms with Crippen LogP contribution in [0.15, 0.2) is 46.9 Å². The van der Waals surface area contributed by atoms with E-state index in [1.807, 2.05) is 44.3 Å². The van der Waals surface area contributed by atoms with Gasteiger partial charge in [-0.1, -0.05) is 30.3 Å². The van der Waals surface area contributed by atoms with Gasteiger partial charge in [-0.25, -0.2) is 0 Å². The molecule has 0 amide bonds. The van der Waals surface area contributed by atoms with Gasteiger partial charge in [-0.05, 0) is 31.7 Å². The molecular formula is C13H15NO. The Bertz CT molecular complexity index is 419. The first-order valence-corrected chi connectivity index (χ1v) is 5.10. The van der Waals surface area contributed by atoms with E-state index in [0.29, 0.717) is 0 Å². The summed E-state index contributed by atoms with van der Waals surface area (Å²) in [5.41, 5.74) is 1.22. The van der Waals surface area contributed by atoms with Gasteiger partial charge in [0.15, 0.2) is 0 Å². The Morgan fingerprint density at radius 2 is 1.80 bits per heavy atom. The summed E-state index contributed by atoms with van der Waals surface area (Å²) in [6, 6.07) is 14.4. The van der Waals surface area contributed by atoms with Crippen LogP contribution in [0.25, 0.3) is 0 Å². The second-order valence-corrected chi connectivity index (χ2v) is 3.58. The summed E-state index contributed by atoms with van der Waals surface area (Å²) >= 11 is 0. The van der Waals surface area contributed by atoms with Crippen molar-refractivity contribution < 1.29 is 4.42 Å². The van der Waals surface area contributed by atoms with Gasteiger partial charge < -0.3 is 9.73 Å². The SMILES string of the molecule is CNC(c1ccccc1)c1ccc(C)o1. The maximum atomic E-state index is 5.63. The van der Waals surface area contributed by atoms with E-state index >= 15 is 0 Å². The highest BCUT2D eigenvalue weighted by Gasteiger charge is 2.14. The normalized spacial score (nSPS) is 12.7. The lowest BCUT2D eigenvalue weighted by Crippen LogP contribution is -2.16. The maximum absolute atomic E-state index is 5.63. The molecule has 0 aliphatic rings. The Morgan fingerprint density at radius 3 is 2.33 bits per heavy atom. The molecule has 0 aliphatic heterocycles. The van der Waals surface area contributed by atoms with Crippen molar-refractivity contribution in [3.8, 4) is 0 Å². The fraction of sp³-hybridized carbons (Fsp3) is 0.231. The standard InChI is InChI=1S/C13H15NO/c1-10-8-9-12(15-10)13(14-2)11-6-4-3-5-7-11/h3-9,13-14H,1-2H3. The first-order valence-electron chi connectivity index (χ1n) is 5.10. The first-order chi connectivity index (χ1) is 7.31. The molecule has 1 N–H and O–H groups in total. The van der Waals surface area contributed by atoms with Gasteiger partial charge >= 0.3 is 0 Å². The van der Waals surface area contributed by atoms with Crippen LogP contribution in [0.1, 0.15) is 23.1 Å². The molecule has 1 aromatic heterocycles. The summed E-state index contributed by atoms with van der Waals surface area (Å²) in [4.78, 5) is 0. The molecule has 0 fully saturated rings. The molecule has 0 bridgehead atoms. The van der Waals surface area contributed by atoms with E-state index in [1.165, 1.54) is 5.56 Å². The Kier molecular flexibility index (Phi) is 2.88. The molecule has 0 saturated heterocycles. The van der Waals surface area contributed by atoms with Crippen molar-refractivity contribution in [2.45, 2.75) is 13.0 Å². The number of hydrogen-bond acceptors (Lipinski definition) is 2. The molecule has 2 heteroatoms. The van der Waals surface area contributed by atoms with Crippen LogP contribution in [0.2, 0.25) is 0 Å². The van der Waals surface area contributed by atoms with E-state index in [1.54, 1.807) is 0 Å². The number of aryl methyl sites for hydroxylation is 1. The maximum Gasteiger partial charge on any atom is 0.125 e. The average Bonchev–Trinajstić information content (AvgIpc) is 2.68. The topological polar surface area (TPSA) is 25.2 Å². The van der Waals surface area contributed by atoms with Crippen LogP contribution in [-0.4, -0.2) is 7.05 Å². The fourth-order valence-corrected chi connectivity index (χ4v) is 1.73. The lowest BCUT2D eigenvalue weighted by molar-refractivity contribution is 0.444. The summed E-state index contributed by atoms with van der Waals surface area (Å²) in [6.45, 7) is 1.96. The average molecular weight is 201 g/mol. The lowest BCUT2D eigenvalue weighted by Gasteiger charge is -2.13. The number of nitrogens with one attached hydrogen (secondary N) is 1. The summed E-state index contributed by atoms with van der Waals surface area (Å²) in [5, 5.41) is 3.25. The highest BCUT2D eigenvalue weighted by Crippen LogP contribution is 2.22. The molecule has 1 unspecified atom stereocenters. The van der Waals surface area contributed by atoms with Crippen molar-refractivity contribution in [3.05, 3.63) is 59.5 Å². The molecule has 1 aromatic carbocycles. The van der Waals surface area contributed by atoms with E-state index in [9.17, 15) is 0 Å². The fourth-order valence-electron chi connectivity index (χ4n) is 1.73. The van der Waals surface area contributed by atoms with Gasteiger partial charge in [0.25, 0.3) is 0 Å². The molecule has 2 rings (SSSR count). The van der Waals surface area contributed by atoms with Gasteiger partial charge in [0.05, 0.1) is 6.04 Å². The van der Waals surface area contributed by atoms with Crippen molar-refractivity contribution in [2.24, 2.45) is 0 Å². The predicted molar refractivity (Wildman–Crippen MR) is 60.8 cm³/mol. The molecule has 15 heavy (non-hydrogen) atoms. The minimum atomic E-state index is 0.139. The van der Waals surface area contributed by atoms with E-state index in [-0.39, 0.29) is 6.04 Å². The minimum absolute atomic E-state index is 0.139. The monoisotopic (exact) mass is 201 g/mol. The zero-order valence-corrected chi connectivity index (χ0v) is 9.03. The third-order valence-corrected chi connectivity index (χ3v) is 2.47. The third-order valence-electron chi connectivity index (χ3n) is 2.47. The molecule has 1 atom stereocenters. The molecule has 2 nitrogen and oxygen atoms in total. The van der Waals surface area contributed by atoms with Crippen LogP contribution in [0, 0.1) is 6.92 Å². The number of rotatable bonds is 3. The Hall–Kier alpha value is -1.54. The van der Waals surface area contributed by atoms with Crippen molar-refractivity contribution in [1.29, 1.82) is 0 Å². The molecule has 2 aromatic rings. The van der Waals surface area contributed by atoms with Crippen molar-refractivity contribution in [3.63, 3.8) is 0 Å². The number of benzene rings is 1. The van der Waals surface area contributed by atoms with Gasteiger partial charge in [0.2, 0.25) is 0 Å².